The van der Waals surface area contributed by atoms with Crippen LogP contribution in [0.5, 0.6) is 11.5 Å². The van der Waals surface area contributed by atoms with E-state index in [4.69, 9.17) is 4.74 Å². The molecule has 10 aromatic carbocycles. The predicted octanol–water partition coefficient (Wildman–Crippen LogP) is 14.5. The van der Waals surface area contributed by atoms with Gasteiger partial charge >= 0.3 is 0 Å². The molecule has 8 heteroatoms. The van der Waals surface area contributed by atoms with Crippen molar-refractivity contribution in [2.24, 2.45) is 0 Å². The molecule has 0 spiro atoms. The molecule has 8 heterocycles. The summed E-state index contributed by atoms with van der Waals surface area (Å²) in [5, 5.41) is 0. The van der Waals surface area contributed by atoms with E-state index in [9.17, 15) is 0 Å². The van der Waals surface area contributed by atoms with Crippen LogP contribution in [0.25, 0.3) is 0 Å². The summed E-state index contributed by atoms with van der Waals surface area (Å²) in [4.78, 5) is 13.6. The van der Waals surface area contributed by atoms with Crippen LogP contribution in [0, 0.1) is 0 Å². The van der Waals surface area contributed by atoms with Crippen molar-refractivity contribution in [1.29, 1.82) is 0 Å². The van der Waals surface area contributed by atoms with Gasteiger partial charge in [0.25, 0.3) is 13.4 Å². The quantitative estimate of drug-likeness (QED) is 0.159. The number of fused-ring (bicyclic) bond motifs is 12. The first kappa shape index (κ1) is 50.2. The minimum absolute atomic E-state index is 0.00564. The maximum atomic E-state index is 7.83. The Hall–Kier alpha value is -8.87. The number of hydrogen-bond acceptors (Lipinski definition) is 6. The summed E-state index contributed by atoms with van der Waals surface area (Å²) in [5.74, 6) is 2.62. The minimum atomic E-state index is -0.0205. The van der Waals surface area contributed by atoms with Crippen molar-refractivity contribution in [3.63, 3.8) is 0 Å². The molecule has 2 aliphatic carbocycles. The highest BCUT2D eigenvalue weighted by atomic mass is 16.5. The van der Waals surface area contributed by atoms with Crippen molar-refractivity contribution in [3.05, 3.63) is 244 Å². The van der Waals surface area contributed by atoms with Crippen LogP contribution in [0.1, 0.15) is 119 Å². The van der Waals surface area contributed by atoms with Crippen LogP contribution in [0.15, 0.2) is 188 Å². The van der Waals surface area contributed by atoms with Gasteiger partial charge in [-0.15, -0.1) is 0 Å². The average Bonchev–Trinajstić information content (AvgIpc) is 0.705. The van der Waals surface area contributed by atoms with Gasteiger partial charge in [-0.1, -0.05) is 121 Å². The van der Waals surface area contributed by atoms with Crippen molar-refractivity contribution in [1.82, 2.24) is 0 Å². The van der Waals surface area contributed by atoms with Crippen LogP contribution >= 0.6 is 0 Å². The van der Waals surface area contributed by atoms with Crippen LogP contribution in [-0.4, -0.2) is 39.6 Å². The summed E-state index contributed by atoms with van der Waals surface area (Å²) in [6, 6.07) is 74.3. The Morgan fingerprint density at radius 2 is 0.818 bits per heavy atom. The predicted molar refractivity (Wildman–Crippen MR) is 366 cm³/mol. The third kappa shape index (κ3) is 7.20. The Kier molecular flexibility index (Phi) is 11.0. The molecule has 2 atom stereocenters. The molecular formula is C80H69B2N5O. The van der Waals surface area contributed by atoms with Crippen molar-refractivity contribution in [3.8, 4) is 11.5 Å². The Labute approximate surface area is 518 Å². The fraction of sp³-hybridized carbons (Fsp3) is 0.250. The molecule has 10 aliphatic rings. The second-order valence-corrected chi connectivity index (χ2v) is 27.1. The van der Waals surface area contributed by atoms with Gasteiger partial charge in [-0.3, -0.25) is 0 Å². The topological polar surface area (TPSA) is 25.4 Å². The van der Waals surface area contributed by atoms with Gasteiger partial charge in [0, 0.05) is 107 Å². The summed E-state index contributed by atoms with van der Waals surface area (Å²) in [6.07, 6.45) is 15.9. The monoisotopic (exact) mass is 1140 g/mol. The molecule has 0 N–H and O–H groups in total. The lowest BCUT2D eigenvalue weighted by Crippen LogP contribution is -2.65. The van der Waals surface area contributed by atoms with Gasteiger partial charge in [0.05, 0.1) is 0 Å². The average molecular weight is 1140 g/mol. The molecule has 0 saturated heterocycles. The van der Waals surface area contributed by atoms with E-state index in [1.54, 1.807) is 0 Å². The molecule has 2 unspecified atom stereocenters. The van der Waals surface area contributed by atoms with Gasteiger partial charge in [-0.25, -0.2) is 0 Å². The van der Waals surface area contributed by atoms with E-state index >= 15 is 0 Å². The summed E-state index contributed by atoms with van der Waals surface area (Å²) in [7, 11) is 0. The van der Waals surface area contributed by atoms with Crippen LogP contribution in [0.3, 0.4) is 0 Å². The largest absolute Gasteiger partial charge is 0.458 e. The van der Waals surface area contributed by atoms with E-state index in [1.807, 2.05) is 0 Å². The van der Waals surface area contributed by atoms with Crippen LogP contribution in [0.2, 0.25) is 0 Å². The smallest absolute Gasteiger partial charge is 0.256 e. The Bertz CT molecular complexity index is 4610. The molecule has 88 heavy (non-hydrogen) atoms. The lowest BCUT2D eigenvalue weighted by molar-refractivity contribution is 0.485. The van der Waals surface area contributed by atoms with Gasteiger partial charge in [0.1, 0.15) is 11.5 Å². The zero-order valence-corrected chi connectivity index (χ0v) is 50.1. The number of nitrogens with zero attached hydrogens (tertiary/aromatic N) is 5. The summed E-state index contributed by atoms with van der Waals surface area (Å²) < 4.78 is 7.83. The van der Waals surface area contributed by atoms with E-state index in [-0.39, 0.29) is 13.4 Å². The summed E-state index contributed by atoms with van der Waals surface area (Å²) >= 11 is 0. The maximum Gasteiger partial charge on any atom is 0.256 e. The van der Waals surface area contributed by atoms with E-state index in [1.165, 1.54) is 164 Å². The van der Waals surface area contributed by atoms with Gasteiger partial charge in [-0.2, -0.15) is 0 Å². The minimum Gasteiger partial charge on any atom is -0.458 e. The lowest BCUT2D eigenvalue weighted by atomic mass is 9.30. The molecule has 0 radical (unpaired) electrons. The second-order valence-electron chi connectivity index (χ2n) is 27.1. The van der Waals surface area contributed by atoms with Crippen LogP contribution in [0.4, 0.5) is 62.6 Å². The Morgan fingerprint density at radius 3 is 1.43 bits per heavy atom. The fourth-order valence-electron chi connectivity index (χ4n) is 19.1. The SMILES string of the molecule is c1ccc(N2c3cc4c(cc3B3c5ccc(N6CCCc7ccccc76)c6c5N(CCC6)c5cc(C6CCCc7ccccc76)cc2c53)B2c3ccc(N5CCCc6ccccc65)c5c3N(CCC5)c3cc(C5CCCc6ccccc65)cc(c32)O4)cc1. The third-order valence-corrected chi connectivity index (χ3v) is 22.7. The molecule has 0 saturated carbocycles. The molecule has 6 nitrogen and oxygen atoms in total. The Balaban J connectivity index is 0.846. The molecule has 10 aromatic rings. The first-order valence-electron chi connectivity index (χ1n) is 33.5. The molecule has 0 amide bonds. The van der Waals surface area contributed by atoms with Crippen LogP contribution in [-0.2, 0) is 38.5 Å². The number of hydrogen-bond donors (Lipinski definition) is 0. The fourth-order valence-corrected chi connectivity index (χ4v) is 19.1. The number of anilines is 11. The number of ether oxygens (including phenoxy) is 1. The summed E-state index contributed by atoms with van der Waals surface area (Å²) in [5.41, 5.74) is 37.9. The van der Waals surface area contributed by atoms with Gasteiger partial charge < -0.3 is 29.2 Å². The zero-order valence-electron chi connectivity index (χ0n) is 50.1. The van der Waals surface area contributed by atoms with Crippen LogP contribution < -0.4 is 62.0 Å². The van der Waals surface area contributed by atoms with E-state index in [2.05, 4.69) is 213 Å². The lowest BCUT2D eigenvalue weighted by Gasteiger charge is -2.48. The van der Waals surface area contributed by atoms with E-state index in [0.717, 1.165) is 115 Å². The summed E-state index contributed by atoms with van der Waals surface area (Å²) in [6.45, 7) is 4.03. The van der Waals surface area contributed by atoms with Gasteiger partial charge in [0.15, 0.2) is 0 Å². The standard InChI is InChI=1S/C80H69B2N5O/c1-2-26-56(27-3-1)87-71-49-75-66(82-64-37-39-70(84-41-15-25-53-21-7-11-35-68(53)84)62-33-17-43-86(80(62)64)73-45-55(47-76(88-75)78(73)82)60-31-13-23-51-19-5-9-29-58(51)60)48-65(71)81-63-36-38-69(83-40-14-24-52-20-6-10-34-67(52)83)61-32-16-42-85(79(61)63)72-44-54(46-74(87)77(72)81)59-30-12-22-50-18-4-8-28-57(50)59/h1-11,18-21,26-29,34-39,44-49,59-60H,12-17,22-25,30-33,40-43H2. The highest BCUT2D eigenvalue weighted by molar-refractivity contribution is 7.02. The van der Waals surface area contributed by atoms with Crippen molar-refractivity contribution in [2.75, 3.05) is 50.7 Å². The van der Waals surface area contributed by atoms with Crippen molar-refractivity contribution < 1.29 is 4.74 Å². The van der Waals surface area contributed by atoms with Crippen molar-refractivity contribution in [2.45, 2.75) is 102 Å². The van der Waals surface area contributed by atoms with Gasteiger partial charge in [0.2, 0.25) is 0 Å². The van der Waals surface area contributed by atoms with Gasteiger partial charge in [-0.05, 0) is 239 Å². The highest BCUT2D eigenvalue weighted by Crippen LogP contribution is 2.53. The maximum absolute atomic E-state index is 7.83. The molecular weight excluding hydrogens is 1070 g/mol. The first-order valence-corrected chi connectivity index (χ1v) is 33.5. The number of para-hydroxylation sites is 3. The van der Waals surface area contributed by atoms with E-state index in [0.29, 0.717) is 11.8 Å². The zero-order chi connectivity index (χ0) is 57.3. The molecule has 20 rings (SSSR count). The highest BCUT2D eigenvalue weighted by Gasteiger charge is 2.50. The first-order chi connectivity index (χ1) is 43.7. The molecule has 8 aliphatic heterocycles. The third-order valence-electron chi connectivity index (χ3n) is 22.7. The van der Waals surface area contributed by atoms with E-state index < -0.39 is 0 Å². The number of rotatable bonds is 5. The molecule has 426 valence electrons. The molecule has 0 bridgehead atoms. The number of benzene rings is 10. The molecule has 0 fully saturated rings. The van der Waals surface area contributed by atoms with Crippen molar-refractivity contribution >= 4 is 109 Å². The Morgan fingerprint density at radius 1 is 0.330 bits per heavy atom. The molecule has 0 aromatic heterocycles. The normalized spacial score (nSPS) is 19.2. The second kappa shape index (κ2) is 19.3. The number of aryl methyl sites for hydroxylation is 4.